The second-order valence-electron chi connectivity index (χ2n) is 10.5. The number of anilines is 2. The van der Waals surface area contributed by atoms with Crippen LogP contribution in [-0.2, 0) is 9.59 Å². The molecule has 244 valence electrons. The summed E-state index contributed by atoms with van der Waals surface area (Å²) in [6.07, 6.45) is 1.74. The molecule has 1 unspecified atom stereocenters. The topological polar surface area (TPSA) is 154 Å². The van der Waals surface area contributed by atoms with Gasteiger partial charge in [-0.05, 0) is 54.5 Å². The molecule has 5 rings (SSSR count). The van der Waals surface area contributed by atoms with Gasteiger partial charge >= 0.3 is 0 Å². The molecule has 0 aliphatic heterocycles. The molecular formula is C37H29N5O5S2. The van der Waals surface area contributed by atoms with Crippen LogP contribution in [0.25, 0.3) is 17.2 Å². The predicted octanol–water partition coefficient (Wildman–Crippen LogP) is 8.11. The normalized spacial score (nSPS) is 11.6. The van der Waals surface area contributed by atoms with E-state index >= 15 is 0 Å². The van der Waals surface area contributed by atoms with Gasteiger partial charge in [0.05, 0.1) is 21.3 Å². The monoisotopic (exact) mass is 687 g/mol. The van der Waals surface area contributed by atoms with Crippen molar-refractivity contribution in [3.8, 4) is 17.2 Å². The number of nitrogens with one attached hydrogen (secondary N) is 3. The lowest BCUT2D eigenvalue weighted by atomic mass is 10.1. The Kier molecular flexibility index (Phi) is 11.3. The summed E-state index contributed by atoms with van der Waals surface area (Å²) in [5, 5.41) is 31.6. The molecule has 3 N–H and O–H groups in total. The van der Waals surface area contributed by atoms with E-state index < -0.39 is 22.0 Å². The molecule has 0 saturated heterocycles. The summed E-state index contributed by atoms with van der Waals surface area (Å²) in [5.74, 6) is -1.54. The van der Waals surface area contributed by atoms with Gasteiger partial charge in [-0.3, -0.25) is 24.5 Å². The Balaban J connectivity index is 1.33. The number of para-hydroxylation sites is 1. The van der Waals surface area contributed by atoms with Crippen molar-refractivity contribution in [2.24, 2.45) is 0 Å². The number of amides is 3. The van der Waals surface area contributed by atoms with Gasteiger partial charge < -0.3 is 16.0 Å². The highest BCUT2D eigenvalue weighted by molar-refractivity contribution is 8.00. The van der Waals surface area contributed by atoms with Crippen molar-refractivity contribution in [2.45, 2.75) is 23.5 Å². The van der Waals surface area contributed by atoms with E-state index in [0.717, 1.165) is 11.1 Å². The van der Waals surface area contributed by atoms with E-state index in [1.807, 2.05) is 42.6 Å². The highest BCUT2D eigenvalue weighted by atomic mass is 32.2. The molecule has 0 radical (unpaired) electrons. The van der Waals surface area contributed by atoms with Crippen molar-refractivity contribution in [1.82, 2.24) is 5.32 Å². The molecule has 0 aliphatic carbocycles. The average Bonchev–Trinajstić information content (AvgIpc) is 3.53. The zero-order valence-corrected chi connectivity index (χ0v) is 27.7. The molecule has 4 aromatic carbocycles. The summed E-state index contributed by atoms with van der Waals surface area (Å²) >= 11 is 2.59. The summed E-state index contributed by atoms with van der Waals surface area (Å²) in [4.78, 5) is 51.7. The first-order valence-corrected chi connectivity index (χ1v) is 16.8. The molecule has 10 nitrogen and oxygen atoms in total. The number of benzene rings is 4. The number of hydrogen-bond acceptors (Lipinski definition) is 8. The van der Waals surface area contributed by atoms with E-state index in [4.69, 9.17) is 0 Å². The Morgan fingerprint density at radius 3 is 2.33 bits per heavy atom. The lowest BCUT2D eigenvalue weighted by Crippen LogP contribution is -2.30. The van der Waals surface area contributed by atoms with Crippen LogP contribution in [0.5, 0.6) is 0 Å². The molecule has 0 aliphatic rings. The maximum atomic E-state index is 13.6. The van der Waals surface area contributed by atoms with Crippen LogP contribution in [0.4, 0.5) is 16.4 Å². The molecule has 49 heavy (non-hydrogen) atoms. The first-order valence-electron chi connectivity index (χ1n) is 15.0. The number of nitro groups is 1. The predicted molar refractivity (Wildman–Crippen MR) is 193 cm³/mol. The summed E-state index contributed by atoms with van der Waals surface area (Å²) in [7, 11) is 0. The van der Waals surface area contributed by atoms with E-state index in [2.05, 4.69) is 22.0 Å². The fraction of sp³-hybridized carbons (Fsp3) is 0.0811. The molecule has 0 bridgehead atoms. The largest absolute Gasteiger partial charge is 0.321 e. The van der Waals surface area contributed by atoms with Crippen LogP contribution in [0.15, 0.2) is 125 Å². The van der Waals surface area contributed by atoms with Gasteiger partial charge in [0.1, 0.15) is 16.8 Å². The van der Waals surface area contributed by atoms with Gasteiger partial charge in [-0.15, -0.1) is 23.1 Å². The summed E-state index contributed by atoms with van der Waals surface area (Å²) < 4.78 is 0. The van der Waals surface area contributed by atoms with Crippen molar-refractivity contribution >= 4 is 63.3 Å². The van der Waals surface area contributed by atoms with Gasteiger partial charge in [0, 0.05) is 33.2 Å². The molecule has 12 heteroatoms. The Morgan fingerprint density at radius 1 is 0.939 bits per heavy atom. The minimum Gasteiger partial charge on any atom is -0.321 e. The van der Waals surface area contributed by atoms with Crippen molar-refractivity contribution in [3.63, 3.8) is 0 Å². The quantitative estimate of drug-likeness (QED) is 0.0518. The number of rotatable bonds is 12. The lowest BCUT2D eigenvalue weighted by Gasteiger charge is -2.16. The summed E-state index contributed by atoms with van der Waals surface area (Å²) in [5.41, 5.74) is 2.41. The third kappa shape index (κ3) is 8.66. The minimum absolute atomic E-state index is 0.133. The molecule has 0 fully saturated rings. The Bertz CT molecular complexity index is 2070. The first-order chi connectivity index (χ1) is 23.8. The van der Waals surface area contributed by atoms with Crippen molar-refractivity contribution in [2.75, 3.05) is 10.6 Å². The van der Waals surface area contributed by atoms with Gasteiger partial charge in [-0.25, -0.2) is 0 Å². The molecule has 1 atom stereocenters. The maximum absolute atomic E-state index is 13.6. The molecule has 5 aromatic rings. The van der Waals surface area contributed by atoms with E-state index in [-0.39, 0.29) is 22.9 Å². The van der Waals surface area contributed by atoms with Gasteiger partial charge in [0.25, 0.3) is 17.5 Å². The van der Waals surface area contributed by atoms with Crippen molar-refractivity contribution < 1.29 is 19.3 Å². The fourth-order valence-corrected chi connectivity index (χ4v) is 6.73. The molecule has 0 saturated carbocycles. The number of carbonyl (C=O) groups excluding carboxylic acids is 3. The van der Waals surface area contributed by atoms with E-state index in [9.17, 15) is 29.8 Å². The molecule has 3 amide bonds. The van der Waals surface area contributed by atoms with E-state index in [0.29, 0.717) is 33.1 Å². The van der Waals surface area contributed by atoms with Crippen LogP contribution in [-0.4, -0.2) is 27.9 Å². The van der Waals surface area contributed by atoms with Crippen LogP contribution < -0.4 is 16.0 Å². The van der Waals surface area contributed by atoms with Gasteiger partial charge in [0.2, 0.25) is 5.91 Å². The van der Waals surface area contributed by atoms with Crippen LogP contribution >= 0.6 is 23.1 Å². The zero-order valence-electron chi connectivity index (χ0n) is 26.1. The van der Waals surface area contributed by atoms with Crippen LogP contribution in [0.3, 0.4) is 0 Å². The van der Waals surface area contributed by atoms with E-state index in [1.54, 1.807) is 60.7 Å². The second-order valence-corrected chi connectivity index (χ2v) is 12.7. The number of carbonyl (C=O) groups is 3. The Morgan fingerprint density at radius 2 is 1.63 bits per heavy atom. The lowest BCUT2D eigenvalue weighted by molar-refractivity contribution is -0.385. The summed E-state index contributed by atoms with van der Waals surface area (Å²) in [6.45, 7) is 1.88. The average molecular weight is 688 g/mol. The van der Waals surface area contributed by atoms with Crippen molar-refractivity contribution in [3.05, 3.63) is 147 Å². The van der Waals surface area contributed by atoms with Crippen LogP contribution in [0.2, 0.25) is 0 Å². The Hall–Kier alpha value is -6.03. The number of thioether (sulfide) groups is 1. The SMILES string of the molecule is CCC(Sc1cccc(NC(=O)/C(=C\c2ccccc2[N+](=O)[O-])NC(=O)c2ccccc2)c1)C(=O)Nc1scc(-c2ccccc2)c1C#N. The van der Waals surface area contributed by atoms with Gasteiger partial charge in [-0.1, -0.05) is 73.7 Å². The number of hydrogen-bond donors (Lipinski definition) is 3. The third-order valence-corrected chi connectivity index (χ3v) is 9.47. The van der Waals surface area contributed by atoms with Gasteiger partial charge in [-0.2, -0.15) is 5.26 Å². The minimum atomic E-state index is -0.703. The Labute approximate surface area is 290 Å². The van der Waals surface area contributed by atoms with Gasteiger partial charge in [0.15, 0.2) is 0 Å². The number of nitriles is 1. The van der Waals surface area contributed by atoms with Crippen molar-refractivity contribution in [1.29, 1.82) is 5.26 Å². The number of nitro benzene ring substituents is 1. The number of thiophene rings is 1. The van der Waals surface area contributed by atoms with E-state index in [1.165, 1.54) is 47.4 Å². The first kappa shape index (κ1) is 34.3. The highest BCUT2D eigenvalue weighted by Crippen LogP contribution is 2.36. The van der Waals surface area contributed by atoms with Crippen LogP contribution in [0, 0.1) is 21.4 Å². The van der Waals surface area contributed by atoms with Crippen LogP contribution in [0.1, 0.15) is 34.8 Å². The highest BCUT2D eigenvalue weighted by Gasteiger charge is 2.23. The standard InChI is InChI=1S/C37H29N5O5S2/c1-2-33(36(45)41-37-29(22-38)30(23-48-37)24-12-5-3-6-13-24)49-28-18-11-17-27(21-28)39-35(44)31(40-34(43)25-14-7-4-8-15-25)20-26-16-9-10-19-32(26)42(46)47/h3-21,23,33H,2H2,1H3,(H,39,44)(H,40,43)(H,41,45)/b31-20+. The zero-order chi connectivity index (χ0) is 34.8. The molecule has 0 spiro atoms. The molecular weight excluding hydrogens is 659 g/mol. The molecule has 1 heterocycles. The smallest absolute Gasteiger partial charge is 0.276 e. The third-order valence-electron chi connectivity index (χ3n) is 7.22. The number of nitrogens with zero attached hydrogens (tertiary/aromatic N) is 2. The fourth-order valence-electron chi connectivity index (χ4n) is 4.79. The second kappa shape index (κ2) is 16.2. The maximum Gasteiger partial charge on any atom is 0.276 e. The summed E-state index contributed by atoms with van der Waals surface area (Å²) in [6, 6.07) is 32.7. The molecule has 1 aromatic heterocycles.